The van der Waals surface area contributed by atoms with E-state index in [1.54, 1.807) is 0 Å². The van der Waals surface area contributed by atoms with Crippen LogP contribution < -0.4 is 4.90 Å². The van der Waals surface area contributed by atoms with Crippen LogP contribution in [-0.2, 0) is 6.42 Å². The van der Waals surface area contributed by atoms with Crippen LogP contribution in [0.1, 0.15) is 12.0 Å². The van der Waals surface area contributed by atoms with Gasteiger partial charge in [-0.2, -0.15) is 0 Å². The number of rotatable bonds is 2. The van der Waals surface area contributed by atoms with Crippen LogP contribution >= 0.6 is 0 Å². The molecule has 1 aliphatic heterocycles. The minimum atomic E-state index is 0.949. The molecular formula is C12H14N. The Balaban J connectivity index is 2.31. The molecule has 1 nitrogen and oxygen atoms in total. The third-order valence-corrected chi connectivity index (χ3v) is 2.49. The van der Waals surface area contributed by atoms with Crippen LogP contribution in [0.15, 0.2) is 30.9 Å². The Labute approximate surface area is 79.7 Å². The van der Waals surface area contributed by atoms with Gasteiger partial charge in [-0.15, -0.1) is 6.58 Å². The molecule has 0 saturated heterocycles. The summed E-state index contributed by atoms with van der Waals surface area (Å²) >= 11 is 0. The van der Waals surface area contributed by atoms with Crippen LogP contribution in [0.2, 0.25) is 0 Å². The van der Waals surface area contributed by atoms with E-state index in [4.69, 9.17) is 0 Å². The van der Waals surface area contributed by atoms with E-state index in [0.29, 0.717) is 0 Å². The van der Waals surface area contributed by atoms with E-state index in [1.165, 1.54) is 24.1 Å². The summed E-state index contributed by atoms with van der Waals surface area (Å²) in [5.74, 6) is 0. The van der Waals surface area contributed by atoms with E-state index in [1.807, 2.05) is 12.1 Å². The predicted molar refractivity (Wildman–Crippen MR) is 56.0 cm³/mol. The molecule has 0 atom stereocenters. The quantitative estimate of drug-likeness (QED) is 0.619. The second-order valence-electron chi connectivity index (χ2n) is 3.39. The molecule has 1 heteroatoms. The summed E-state index contributed by atoms with van der Waals surface area (Å²) in [7, 11) is 0. The van der Waals surface area contributed by atoms with Crippen molar-refractivity contribution in [1.29, 1.82) is 0 Å². The summed E-state index contributed by atoms with van der Waals surface area (Å²) in [5.41, 5.74) is 2.79. The van der Waals surface area contributed by atoms with Crippen molar-refractivity contribution in [2.75, 3.05) is 18.0 Å². The molecule has 1 aromatic rings. The minimum absolute atomic E-state index is 0.949. The fourth-order valence-corrected chi connectivity index (χ4v) is 1.89. The highest BCUT2D eigenvalue weighted by atomic mass is 15.1. The molecule has 0 aromatic heterocycles. The molecule has 1 aliphatic rings. The molecule has 0 unspecified atom stereocenters. The summed E-state index contributed by atoms with van der Waals surface area (Å²) < 4.78 is 0. The molecule has 0 fully saturated rings. The van der Waals surface area contributed by atoms with Gasteiger partial charge in [0, 0.05) is 18.8 Å². The summed E-state index contributed by atoms with van der Waals surface area (Å²) in [5, 5.41) is 0. The normalized spacial score (nSPS) is 15.2. The van der Waals surface area contributed by atoms with Gasteiger partial charge in [0.2, 0.25) is 0 Å². The number of fused-ring (bicyclic) bond motifs is 1. The topological polar surface area (TPSA) is 3.24 Å². The van der Waals surface area contributed by atoms with E-state index in [0.717, 1.165) is 13.1 Å². The third-order valence-electron chi connectivity index (χ3n) is 2.49. The van der Waals surface area contributed by atoms with E-state index < -0.39 is 0 Å². The van der Waals surface area contributed by atoms with Gasteiger partial charge in [-0.3, -0.25) is 0 Å². The molecule has 0 bridgehead atoms. The van der Waals surface area contributed by atoms with Gasteiger partial charge in [0.25, 0.3) is 0 Å². The Kier molecular flexibility index (Phi) is 2.35. The Morgan fingerprint density at radius 2 is 2.54 bits per heavy atom. The maximum Gasteiger partial charge on any atom is 0.0407 e. The van der Waals surface area contributed by atoms with Gasteiger partial charge in [-0.25, -0.2) is 0 Å². The third kappa shape index (κ3) is 1.59. The summed E-state index contributed by atoms with van der Waals surface area (Å²) in [6, 6.07) is 9.38. The van der Waals surface area contributed by atoms with Gasteiger partial charge in [-0.1, -0.05) is 18.2 Å². The van der Waals surface area contributed by atoms with Gasteiger partial charge in [-0.05, 0) is 30.5 Å². The van der Waals surface area contributed by atoms with Gasteiger partial charge in [0.1, 0.15) is 0 Å². The molecule has 1 radical (unpaired) electrons. The summed E-state index contributed by atoms with van der Waals surface area (Å²) in [6.45, 7) is 5.87. The van der Waals surface area contributed by atoms with Crippen LogP contribution in [0.3, 0.4) is 0 Å². The maximum atomic E-state index is 3.78. The maximum absolute atomic E-state index is 3.78. The Hall–Kier alpha value is -1.24. The first-order valence-electron chi connectivity index (χ1n) is 4.76. The van der Waals surface area contributed by atoms with Crippen molar-refractivity contribution in [3.05, 3.63) is 42.5 Å². The molecule has 0 N–H and O–H groups in total. The first-order valence-corrected chi connectivity index (χ1v) is 4.76. The van der Waals surface area contributed by atoms with Crippen LogP contribution in [-0.4, -0.2) is 13.1 Å². The van der Waals surface area contributed by atoms with Crippen LogP contribution in [0.5, 0.6) is 0 Å². The molecule has 1 aromatic carbocycles. The zero-order valence-electron chi connectivity index (χ0n) is 7.79. The van der Waals surface area contributed by atoms with Crippen molar-refractivity contribution in [2.24, 2.45) is 0 Å². The van der Waals surface area contributed by atoms with Crippen molar-refractivity contribution in [3.8, 4) is 0 Å². The van der Waals surface area contributed by atoms with Gasteiger partial charge in [0.05, 0.1) is 0 Å². The number of nitrogens with zero attached hydrogens (tertiary/aromatic N) is 1. The second kappa shape index (κ2) is 3.65. The fourth-order valence-electron chi connectivity index (χ4n) is 1.89. The lowest BCUT2D eigenvalue weighted by molar-refractivity contribution is 0.722. The SMILES string of the molecule is C=CCN1CCCc2cc[c]cc21. The number of hydrogen-bond acceptors (Lipinski definition) is 1. The lowest BCUT2D eigenvalue weighted by atomic mass is 10.0. The van der Waals surface area contributed by atoms with Crippen LogP contribution in [0.25, 0.3) is 0 Å². The first kappa shape index (κ1) is 8.36. The zero-order chi connectivity index (χ0) is 9.10. The number of anilines is 1. The smallest absolute Gasteiger partial charge is 0.0407 e. The summed E-state index contributed by atoms with van der Waals surface area (Å²) in [6.07, 6.45) is 4.42. The van der Waals surface area contributed by atoms with Gasteiger partial charge < -0.3 is 4.90 Å². The molecule has 0 amide bonds. The molecule has 0 spiro atoms. The van der Waals surface area contributed by atoms with E-state index in [9.17, 15) is 0 Å². The van der Waals surface area contributed by atoms with Gasteiger partial charge in [0.15, 0.2) is 0 Å². The average Bonchev–Trinajstić information content (AvgIpc) is 2.19. The Bertz CT molecular complexity index is 304. The van der Waals surface area contributed by atoms with E-state index >= 15 is 0 Å². The van der Waals surface area contributed by atoms with Crippen molar-refractivity contribution in [1.82, 2.24) is 0 Å². The van der Waals surface area contributed by atoms with Crippen molar-refractivity contribution >= 4 is 5.69 Å². The molecule has 0 aliphatic carbocycles. The van der Waals surface area contributed by atoms with E-state index in [-0.39, 0.29) is 0 Å². The first-order chi connectivity index (χ1) is 6.42. The average molecular weight is 172 g/mol. The van der Waals surface area contributed by atoms with Crippen LogP contribution in [0, 0.1) is 6.07 Å². The molecule has 0 saturated carbocycles. The van der Waals surface area contributed by atoms with Crippen molar-refractivity contribution in [3.63, 3.8) is 0 Å². The monoisotopic (exact) mass is 172 g/mol. The summed E-state index contributed by atoms with van der Waals surface area (Å²) in [4.78, 5) is 2.36. The molecule has 67 valence electrons. The Morgan fingerprint density at radius 3 is 3.38 bits per heavy atom. The molecule has 2 rings (SSSR count). The highest BCUT2D eigenvalue weighted by Crippen LogP contribution is 2.25. The van der Waals surface area contributed by atoms with Crippen molar-refractivity contribution < 1.29 is 0 Å². The highest BCUT2D eigenvalue weighted by Gasteiger charge is 2.13. The second-order valence-corrected chi connectivity index (χ2v) is 3.39. The predicted octanol–water partition coefficient (Wildman–Crippen LogP) is 2.43. The standard InChI is InChI=1S/C12H14N/c1-2-9-13-10-5-7-11-6-3-4-8-12(11)13/h2-3,6,8H,1,5,7,9-10H2. The highest BCUT2D eigenvalue weighted by molar-refractivity contribution is 5.55. The lowest BCUT2D eigenvalue weighted by Crippen LogP contribution is -2.29. The van der Waals surface area contributed by atoms with Gasteiger partial charge >= 0.3 is 0 Å². The zero-order valence-corrected chi connectivity index (χ0v) is 7.79. The number of aryl methyl sites for hydroxylation is 1. The molecular weight excluding hydrogens is 158 g/mol. The largest absolute Gasteiger partial charge is 0.368 e. The number of benzene rings is 1. The molecule has 1 heterocycles. The number of hydrogen-bond donors (Lipinski definition) is 0. The van der Waals surface area contributed by atoms with Crippen molar-refractivity contribution in [2.45, 2.75) is 12.8 Å². The lowest BCUT2D eigenvalue weighted by Gasteiger charge is -2.30. The Morgan fingerprint density at radius 1 is 1.62 bits per heavy atom. The minimum Gasteiger partial charge on any atom is -0.368 e. The van der Waals surface area contributed by atoms with Crippen LogP contribution in [0.4, 0.5) is 5.69 Å². The van der Waals surface area contributed by atoms with E-state index in [2.05, 4.69) is 29.7 Å². The molecule has 13 heavy (non-hydrogen) atoms. The fraction of sp³-hybridized carbons (Fsp3) is 0.333.